The molecule has 1 unspecified atom stereocenters. The molecule has 0 fully saturated rings. The summed E-state index contributed by atoms with van der Waals surface area (Å²) < 4.78 is 1.93. The van der Waals surface area contributed by atoms with E-state index in [0.29, 0.717) is 0 Å². The first-order valence-corrected chi connectivity index (χ1v) is 3.46. The van der Waals surface area contributed by atoms with Gasteiger partial charge in [0.2, 0.25) is 0 Å². The molecule has 0 saturated heterocycles. The monoisotopic (exact) mass is 148 g/mol. The first-order chi connectivity index (χ1) is 5.42. The second-order valence-electron chi connectivity index (χ2n) is 2.44. The van der Waals surface area contributed by atoms with Gasteiger partial charge < -0.3 is 14.7 Å². The van der Waals surface area contributed by atoms with Gasteiger partial charge in [0.25, 0.3) is 0 Å². The Hall–Kier alpha value is -1.51. The van der Waals surface area contributed by atoms with Gasteiger partial charge in [-0.2, -0.15) is 0 Å². The molecule has 0 aromatic carbocycles. The lowest BCUT2D eigenvalue weighted by Gasteiger charge is -2.16. The summed E-state index contributed by atoms with van der Waals surface area (Å²) in [4.78, 5) is 10.5. The van der Waals surface area contributed by atoms with Crippen molar-refractivity contribution in [1.82, 2.24) is 9.88 Å². The fraction of sp³-hybridized carbons (Fsp3) is 0.125. The van der Waals surface area contributed by atoms with Crippen molar-refractivity contribution in [3.63, 3.8) is 0 Å². The van der Waals surface area contributed by atoms with Crippen LogP contribution in [0.25, 0.3) is 6.20 Å². The van der Waals surface area contributed by atoms with Crippen LogP contribution in [0.4, 0.5) is 0 Å². The van der Waals surface area contributed by atoms with Crippen molar-refractivity contribution in [3.8, 4) is 0 Å². The standard InChI is InChI=1S/C8H8N2O/c11-6-7-8-2-1-4-10(8)5-3-9-7/h1-7,9H. The second kappa shape index (κ2) is 2.27. The Morgan fingerprint density at radius 2 is 2.55 bits per heavy atom. The molecule has 2 rings (SSSR count). The van der Waals surface area contributed by atoms with Crippen molar-refractivity contribution >= 4 is 12.5 Å². The van der Waals surface area contributed by atoms with Crippen molar-refractivity contribution in [1.29, 1.82) is 0 Å². The molecule has 1 aliphatic rings. The lowest BCUT2D eigenvalue weighted by atomic mass is 10.2. The van der Waals surface area contributed by atoms with E-state index < -0.39 is 0 Å². The Morgan fingerprint density at radius 1 is 1.64 bits per heavy atom. The number of hydrogen-bond acceptors (Lipinski definition) is 2. The van der Waals surface area contributed by atoms with Crippen LogP contribution in [-0.2, 0) is 4.79 Å². The first kappa shape index (κ1) is 6.22. The van der Waals surface area contributed by atoms with Gasteiger partial charge in [-0.3, -0.25) is 0 Å². The highest BCUT2D eigenvalue weighted by Crippen LogP contribution is 2.15. The predicted molar refractivity (Wildman–Crippen MR) is 41.7 cm³/mol. The third kappa shape index (κ3) is 0.852. The fourth-order valence-corrected chi connectivity index (χ4v) is 1.23. The van der Waals surface area contributed by atoms with E-state index in [1.165, 1.54) is 0 Å². The Labute approximate surface area is 64.3 Å². The van der Waals surface area contributed by atoms with E-state index in [2.05, 4.69) is 5.32 Å². The second-order valence-corrected chi connectivity index (χ2v) is 2.44. The summed E-state index contributed by atoms with van der Waals surface area (Å²) in [5.41, 5.74) is 0.988. The van der Waals surface area contributed by atoms with Crippen molar-refractivity contribution in [2.75, 3.05) is 0 Å². The van der Waals surface area contributed by atoms with Crippen molar-refractivity contribution in [3.05, 3.63) is 30.2 Å². The van der Waals surface area contributed by atoms with Gasteiger partial charge in [0.15, 0.2) is 0 Å². The van der Waals surface area contributed by atoms with Gasteiger partial charge in [-0.15, -0.1) is 0 Å². The molecule has 0 spiro atoms. The molecule has 56 valence electrons. The van der Waals surface area contributed by atoms with Gasteiger partial charge in [-0.1, -0.05) is 0 Å². The quantitative estimate of drug-likeness (QED) is 0.596. The fourth-order valence-electron chi connectivity index (χ4n) is 1.23. The highest BCUT2D eigenvalue weighted by atomic mass is 16.1. The van der Waals surface area contributed by atoms with E-state index in [4.69, 9.17) is 0 Å². The molecule has 0 radical (unpaired) electrons. The number of nitrogens with zero attached hydrogens (tertiary/aromatic N) is 1. The van der Waals surface area contributed by atoms with Gasteiger partial charge >= 0.3 is 0 Å². The van der Waals surface area contributed by atoms with E-state index in [1.807, 2.05) is 29.1 Å². The van der Waals surface area contributed by atoms with Crippen LogP contribution in [-0.4, -0.2) is 10.9 Å². The van der Waals surface area contributed by atoms with Crippen LogP contribution in [0, 0.1) is 0 Å². The number of hydrogen-bond donors (Lipinski definition) is 1. The molecule has 1 aromatic heterocycles. The van der Waals surface area contributed by atoms with Crippen LogP contribution in [0.15, 0.2) is 24.5 Å². The van der Waals surface area contributed by atoms with E-state index in [0.717, 1.165) is 12.0 Å². The smallest absolute Gasteiger partial charge is 0.148 e. The Balaban J connectivity index is 2.48. The molecule has 3 heteroatoms. The zero-order chi connectivity index (χ0) is 7.68. The molecule has 1 aliphatic heterocycles. The van der Waals surface area contributed by atoms with Crippen LogP contribution >= 0.6 is 0 Å². The average Bonchev–Trinajstić information content (AvgIpc) is 2.50. The maximum Gasteiger partial charge on any atom is 0.148 e. The molecular formula is C8H8N2O. The van der Waals surface area contributed by atoms with Gasteiger partial charge in [-0.05, 0) is 12.1 Å². The zero-order valence-electron chi connectivity index (χ0n) is 5.90. The number of carbonyl (C=O) groups is 1. The zero-order valence-corrected chi connectivity index (χ0v) is 5.90. The lowest BCUT2D eigenvalue weighted by molar-refractivity contribution is -0.109. The van der Waals surface area contributed by atoms with Crippen LogP contribution in [0.2, 0.25) is 0 Å². The molecule has 1 atom stereocenters. The lowest BCUT2D eigenvalue weighted by Crippen LogP contribution is -2.22. The van der Waals surface area contributed by atoms with Gasteiger partial charge in [0.05, 0.1) is 5.69 Å². The van der Waals surface area contributed by atoms with E-state index in [-0.39, 0.29) is 6.04 Å². The molecule has 0 amide bonds. The van der Waals surface area contributed by atoms with Gasteiger partial charge in [0, 0.05) is 18.6 Å². The van der Waals surface area contributed by atoms with Crippen LogP contribution in [0.3, 0.4) is 0 Å². The molecule has 11 heavy (non-hydrogen) atoms. The summed E-state index contributed by atoms with van der Waals surface area (Å²) in [5.74, 6) is 0. The normalized spacial score (nSPS) is 20.5. The third-order valence-electron chi connectivity index (χ3n) is 1.78. The van der Waals surface area contributed by atoms with Crippen molar-refractivity contribution < 1.29 is 4.79 Å². The third-order valence-corrected chi connectivity index (χ3v) is 1.78. The van der Waals surface area contributed by atoms with Crippen molar-refractivity contribution in [2.24, 2.45) is 0 Å². The Morgan fingerprint density at radius 3 is 3.36 bits per heavy atom. The molecule has 0 saturated carbocycles. The molecule has 0 aliphatic carbocycles. The maximum atomic E-state index is 10.5. The minimum absolute atomic E-state index is 0.185. The van der Waals surface area contributed by atoms with E-state index in [1.54, 1.807) is 6.20 Å². The molecular weight excluding hydrogens is 140 g/mol. The highest BCUT2D eigenvalue weighted by molar-refractivity contribution is 5.62. The number of nitrogens with one attached hydrogen (secondary N) is 1. The predicted octanol–water partition coefficient (Wildman–Crippen LogP) is 0.760. The summed E-state index contributed by atoms with van der Waals surface area (Å²) >= 11 is 0. The average molecular weight is 148 g/mol. The van der Waals surface area contributed by atoms with E-state index in [9.17, 15) is 4.79 Å². The summed E-state index contributed by atoms with van der Waals surface area (Å²) in [5, 5.41) is 2.94. The number of aromatic nitrogens is 1. The highest BCUT2D eigenvalue weighted by Gasteiger charge is 2.13. The number of rotatable bonds is 1. The van der Waals surface area contributed by atoms with E-state index >= 15 is 0 Å². The molecule has 3 nitrogen and oxygen atoms in total. The minimum atomic E-state index is -0.185. The summed E-state index contributed by atoms with van der Waals surface area (Å²) in [7, 11) is 0. The molecule has 1 aromatic rings. The van der Waals surface area contributed by atoms with Crippen LogP contribution in [0.5, 0.6) is 0 Å². The van der Waals surface area contributed by atoms with Gasteiger partial charge in [-0.25, -0.2) is 0 Å². The summed E-state index contributed by atoms with van der Waals surface area (Å²) in [6.07, 6.45) is 6.47. The van der Waals surface area contributed by atoms with Crippen molar-refractivity contribution in [2.45, 2.75) is 6.04 Å². The summed E-state index contributed by atoms with van der Waals surface area (Å²) in [6.45, 7) is 0. The number of carbonyl (C=O) groups excluding carboxylic acids is 1. The Bertz CT molecular complexity index is 301. The number of aldehydes is 1. The molecule has 2 heterocycles. The maximum absolute atomic E-state index is 10.5. The SMILES string of the molecule is O=CC1NC=Cn2cccc21. The van der Waals surface area contributed by atoms with Crippen LogP contribution in [0.1, 0.15) is 11.7 Å². The Kier molecular flexibility index (Phi) is 1.28. The molecule has 0 bridgehead atoms. The summed E-state index contributed by atoms with van der Waals surface area (Å²) in [6, 6.07) is 3.66. The minimum Gasteiger partial charge on any atom is -0.375 e. The van der Waals surface area contributed by atoms with Crippen LogP contribution < -0.4 is 5.32 Å². The largest absolute Gasteiger partial charge is 0.375 e. The number of fused-ring (bicyclic) bond motifs is 1. The molecule has 1 N–H and O–H groups in total. The van der Waals surface area contributed by atoms with Gasteiger partial charge in [0.1, 0.15) is 12.3 Å². The first-order valence-electron chi connectivity index (χ1n) is 3.46. The topological polar surface area (TPSA) is 34.0 Å².